The van der Waals surface area contributed by atoms with E-state index in [2.05, 4.69) is 20.1 Å². The van der Waals surface area contributed by atoms with Gasteiger partial charge in [-0.25, -0.2) is 4.98 Å². The first-order valence-corrected chi connectivity index (χ1v) is 9.96. The smallest absolute Gasteiger partial charge is 0.228 e. The predicted molar refractivity (Wildman–Crippen MR) is 113 cm³/mol. The molecule has 6 nitrogen and oxygen atoms in total. The predicted octanol–water partition coefficient (Wildman–Crippen LogP) is 2.40. The van der Waals surface area contributed by atoms with E-state index >= 15 is 0 Å². The third kappa shape index (κ3) is 5.78. The van der Waals surface area contributed by atoms with E-state index in [4.69, 9.17) is 0 Å². The minimum Gasteiger partial charge on any atom is -0.392 e. The van der Waals surface area contributed by atoms with Gasteiger partial charge in [-0.1, -0.05) is 44.2 Å². The number of amides is 1. The van der Waals surface area contributed by atoms with Crippen molar-refractivity contribution in [2.45, 2.75) is 26.4 Å². The fourth-order valence-electron chi connectivity index (χ4n) is 3.27. The van der Waals surface area contributed by atoms with Crippen molar-refractivity contribution in [2.75, 3.05) is 42.9 Å². The molecule has 1 saturated heterocycles. The molecule has 28 heavy (non-hydrogen) atoms. The lowest BCUT2D eigenvalue weighted by Gasteiger charge is -2.36. The Labute approximate surface area is 167 Å². The average molecular weight is 383 g/mol. The number of benzene rings is 1. The molecule has 1 aliphatic heterocycles. The number of piperazine rings is 1. The summed E-state index contributed by atoms with van der Waals surface area (Å²) in [5, 5.41) is 13.0. The van der Waals surface area contributed by atoms with Gasteiger partial charge in [0.25, 0.3) is 0 Å². The number of hydrogen-bond acceptors (Lipinski definition) is 5. The first-order valence-electron chi connectivity index (χ1n) is 9.96. The second-order valence-electron chi connectivity index (χ2n) is 7.71. The normalized spacial score (nSPS) is 16.2. The number of rotatable bonds is 7. The number of carbonyl (C=O) groups is 1. The summed E-state index contributed by atoms with van der Waals surface area (Å²) < 4.78 is 0. The molecule has 1 aromatic carbocycles. The van der Waals surface area contributed by atoms with Gasteiger partial charge in [-0.2, -0.15) is 0 Å². The van der Waals surface area contributed by atoms with Gasteiger partial charge >= 0.3 is 0 Å². The minimum absolute atomic E-state index is 0.0434. The zero-order valence-electron chi connectivity index (χ0n) is 16.7. The van der Waals surface area contributed by atoms with Crippen LogP contribution in [0.25, 0.3) is 0 Å². The van der Waals surface area contributed by atoms with E-state index in [0.717, 1.165) is 44.1 Å². The van der Waals surface area contributed by atoms with Gasteiger partial charge in [-0.3, -0.25) is 9.69 Å². The third-order valence-corrected chi connectivity index (χ3v) is 5.15. The molecule has 6 heteroatoms. The number of aromatic nitrogens is 1. The fourth-order valence-corrected chi connectivity index (χ4v) is 3.27. The number of aliphatic hydroxyl groups is 1. The van der Waals surface area contributed by atoms with Crippen LogP contribution in [-0.4, -0.2) is 59.7 Å². The number of carbonyl (C=O) groups excluding carboxylic acids is 1. The molecule has 1 aliphatic rings. The van der Waals surface area contributed by atoms with Crippen molar-refractivity contribution in [1.82, 2.24) is 9.88 Å². The number of nitrogens with one attached hydrogen (secondary N) is 1. The van der Waals surface area contributed by atoms with E-state index in [9.17, 15) is 9.90 Å². The quantitative estimate of drug-likeness (QED) is 0.770. The Bertz CT molecular complexity index is 741. The van der Waals surface area contributed by atoms with E-state index < -0.39 is 0 Å². The summed E-state index contributed by atoms with van der Waals surface area (Å²) in [6, 6.07) is 13.6. The molecule has 1 amide bonds. The lowest BCUT2D eigenvalue weighted by atomic mass is 10.1. The topological polar surface area (TPSA) is 68.7 Å². The number of aliphatic hydroxyl groups excluding tert-OH is 1. The summed E-state index contributed by atoms with van der Waals surface area (Å²) >= 11 is 0. The highest BCUT2D eigenvalue weighted by Crippen LogP contribution is 2.17. The van der Waals surface area contributed by atoms with E-state index in [1.807, 2.05) is 56.3 Å². The number of pyridine rings is 1. The maximum Gasteiger partial charge on any atom is 0.228 e. The number of hydrogen-bond donors (Lipinski definition) is 2. The largest absolute Gasteiger partial charge is 0.392 e. The molecule has 1 atom stereocenters. The van der Waals surface area contributed by atoms with Gasteiger partial charge in [-0.05, 0) is 23.6 Å². The SMILES string of the molecule is CC(C)C(O)CN1CCN(c2ccc(NC(=O)Cc3ccccc3)cn2)CC1. The number of anilines is 2. The van der Waals surface area contributed by atoms with E-state index in [1.54, 1.807) is 6.20 Å². The van der Waals surface area contributed by atoms with Gasteiger partial charge in [-0.15, -0.1) is 0 Å². The number of β-amino-alcohol motifs (C(OH)–C–C–N with tert-alkyl or cyclic N) is 1. The zero-order valence-corrected chi connectivity index (χ0v) is 16.7. The zero-order chi connectivity index (χ0) is 19.9. The Balaban J connectivity index is 1.47. The Morgan fingerprint density at radius 3 is 2.43 bits per heavy atom. The van der Waals surface area contributed by atoms with Gasteiger partial charge in [0.2, 0.25) is 5.91 Å². The summed E-state index contributed by atoms with van der Waals surface area (Å²) in [5.41, 5.74) is 1.70. The highest BCUT2D eigenvalue weighted by molar-refractivity contribution is 5.92. The van der Waals surface area contributed by atoms with Gasteiger partial charge in [0.15, 0.2) is 0 Å². The molecule has 0 spiro atoms. The molecule has 1 fully saturated rings. The fraction of sp³-hybridized carbons (Fsp3) is 0.455. The van der Waals surface area contributed by atoms with Crippen LogP contribution in [0.1, 0.15) is 19.4 Å². The van der Waals surface area contributed by atoms with Crippen molar-refractivity contribution in [3.63, 3.8) is 0 Å². The van der Waals surface area contributed by atoms with Crippen LogP contribution in [0.3, 0.4) is 0 Å². The van der Waals surface area contributed by atoms with Gasteiger partial charge in [0.05, 0.1) is 24.4 Å². The Hall–Kier alpha value is -2.44. The van der Waals surface area contributed by atoms with Crippen molar-refractivity contribution < 1.29 is 9.90 Å². The van der Waals surface area contributed by atoms with Gasteiger partial charge < -0.3 is 15.3 Å². The highest BCUT2D eigenvalue weighted by Gasteiger charge is 2.21. The molecule has 2 heterocycles. The third-order valence-electron chi connectivity index (χ3n) is 5.15. The molecule has 2 N–H and O–H groups in total. The molecule has 1 aromatic heterocycles. The lowest BCUT2D eigenvalue weighted by Crippen LogP contribution is -2.49. The van der Waals surface area contributed by atoms with Crippen LogP contribution < -0.4 is 10.2 Å². The van der Waals surface area contributed by atoms with Crippen molar-refractivity contribution in [3.8, 4) is 0 Å². The molecule has 0 aliphatic carbocycles. The molecular formula is C22H30N4O2. The molecule has 0 bridgehead atoms. The summed E-state index contributed by atoms with van der Waals surface area (Å²) in [7, 11) is 0. The van der Waals surface area contributed by atoms with Crippen LogP contribution >= 0.6 is 0 Å². The Kier molecular flexibility index (Phi) is 7.01. The molecular weight excluding hydrogens is 352 g/mol. The lowest BCUT2D eigenvalue weighted by molar-refractivity contribution is -0.115. The first kappa shape index (κ1) is 20.3. The monoisotopic (exact) mass is 382 g/mol. The summed E-state index contributed by atoms with van der Waals surface area (Å²) in [5.74, 6) is 1.16. The highest BCUT2D eigenvalue weighted by atomic mass is 16.3. The molecule has 0 saturated carbocycles. The van der Waals surface area contributed by atoms with Crippen LogP contribution in [0.2, 0.25) is 0 Å². The van der Waals surface area contributed by atoms with Gasteiger partial charge in [0.1, 0.15) is 5.82 Å². The maximum atomic E-state index is 12.2. The van der Waals surface area contributed by atoms with E-state index in [0.29, 0.717) is 12.1 Å². The van der Waals surface area contributed by atoms with Crippen LogP contribution in [-0.2, 0) is 11.2 Å². The van der Waals surface area contributed by atoms with Crippen LogP contribution in [0, 0.1) is 5.92 Å². The van der Waals surface area contributed by atoms with Crippen LogP contribution in [0.15, 0.2) is 48.7 Å². The molecule has 2 aromatic rings. The average Bonchev–Trinajstić information content (AvgIpc) is 2.70. The van der Waals surface area contributed by atoms with E-state index in [-0.39, 0.29) is 17.9 Å². The first-order chi connectivity index (χ1) is 13.5. The minimum atomic E-state index is -0.275. The molecule has 0 radical (unpaired) electrons. The van der Waals surface area contributed by atoms with Gasteiger partial charge in [0, 0.05) is 32.7 Å². The van der Waals surface area contributed by atoms with Crippen LogP contribution in [0.4, 0.5) is 11.5 Å². The number of nitrogens with zero attached hydrogens (tertiary/aromatic N) is 3. The van der Waals surface area contributed by atoms with Crippen molar-refractivity contribution in [3.05, 3.63) is 54.2 Å². The Morgan fingerprint density at radius 1 is 1.11 bits per heavy atom. The summed E-state index contributed by atoms with van der Waals surface area (Å²) in [6.07, 6.45) is 1.79. The Morgan fingerprint density at radius 2 is 1.82 bits per heavy atom. The molecule has 3 rings (SSSR count). The van der Waals surface area contributed by atoms with Crippen molar-refractivity contribution in [2.24, 2.45) is 5.92 Å². The molecule has 1 unspecified atom stereocenters. The summed E-state index contributed by atoms with van der Waals surface area (Å²) in [4.78, 5) is 21.2. The van der Waals surface area contributed by atoms with Crippen molar-refractivity contribution >= 4 is 17.4 Å². The van der Waals surface area contributed by atoms with Crippen molar-refractivity contribution in [1.29, 1.82) is 0 Å². The molecule has 150 valence electrons. The van der Waals surface area contributed by atoms with Crippen LogP contribution in [0.5, 0.6) is 0 Å². The second-order valence-corrected chi connectivity index (χ2v) is 7.71. The summed E-state index contributed by atoms with van der Waals surface area (Å²) in [6.45, 7) is 8.43. The second kappa shape index (κ2) is 9.66. The maximum absolute atomic E-state index is 12.2. The standard InChI is InChI=1S/C22H30N4O2/c1-17(2)20(27)16-25-10-12-26(13-11-25)21-9-8-19(15-23-21)24-22(28)14-18-6-4-3-5-7-18/h3-9,15,17,20,27H,10-14,16H2,1-2H3,(H,24,28). The van der Waals surface area contributed by atoms with E-state index in [1.165, 1.54) is 0 Å².